The molecular formula is C21H17N3O6S. The summed E-state index contributed by atoms with van der Waals surface area (Å²) in [5, 5.41) is 9.47. The lowest BCUT2D eigenvalue weighted by Crippen LogP contribution is -2.39. The zero-order valence-electron chi connectivity index (χ0n) is 16.5. The van der Waals surface area contributed by atoms with Gasteiger partial charge in [0.15, 0.2) is 12.4 Å². The molecule has 0 fully saturated rings. The third-order valence-electron chi connectivity index (χ3n) is 4.96. The number of carboxylic acids is 1. The molecule has 10 heteroatoms. The molecular weight excluding hydrogens is 422 g/mol. The van der Waals surface area contributed by atoms with Crippen molar-refractivity contribution in [2.45, 2.75) is 13.5 Å². The summed E-state index contributed by atoms with van der Waals surface area (Å²) in [5.74, 6) is -1.26. The van der Waals surface area contributed by atoms with Crippen molar-refractivity contribution >= 4 is 44.9 Å². The number of aryl methyl sites for hydroxylation is 1. The van der Waals surface area contributed by atoms with Crippen LogP contribution in [0.1, 0.15) is 25.6 Å². The number of amides is 1. The van der Waals surface area contributed by atoms with E-state index in [1.807, 2.05) is 0 Å². The van der Waals surface area contributed by atoms with Gasteiger partial charge in [-0.3, -0.25) is 19.0 Å². The maximum absolute atomic E-state index is 12.9. The van der Waals surface area contributed by atoms with Crippen molar-refractivity contribution in [3.8, 4) is 5.75 Å². The summed E-state index contributed by atoms with van der Waals surface area (Å²) in [7, 11) is 0. The van der Waals surface area contributed by atoms with Gasteiger partial charge in [0.25, 0.3) is 11.5 Å². The third kappa shape index (κ3) is 3.50. The predicted octanol–water partition coefficient (Wildman–Crippen LogP) is 2.26. The van der Waals surface area contributed by atoms with E-state index in [4.69, 9.17) is 4.74 Å². The molecule has 4 rings (SSSR count). The molecule has 0 aliphatic carbocycles. The number of hydrogen-bond acceptors (Lipinski definition) is 7. The first-order valence-electron chi connectivity index (χ1n) is 9.25. The van der Waals surface area contributed by atoms with Gasteiger partial charge in [0.1, 0.15) is 15.5 Å². The number of carbonyl (C=O) groups is 3. The van der Waals surface area contributed by atoms with Crippen LogP contribution in [0, 0.1) is 6.92 Å². The number of anilines is 1. The molecule has 0 saturated heterocycles. The molecule has 0 radical (unpaired) electrons. The molecule has 0 atom stereocenters. The topological polar surface area (TPSA) is 119 Å². The molecule has 0 spiro atoms. The molecule has 1 N–H and O–H groups in total. The largest absolute Gasteiger partial charge is 0.482 e. The zero-order chi connectivity index (χ0) is 22.3. The molecule has 1 aliphatic heterocycles. The van der Waals surface area contributed by atoms with E-state index in [1.165, 1.54) is 11.2 Å². The first-order valence-corrected chi connectivity index (χ1v) is 10.1. The number of fused-ring (bicyclic) bond motifs is 2. The molecule has 2 aromatic heterocycles. The Morgan fingerprint density at radius 3 is 2.84 bits per heavy atom. The minimum atomic E-state index is -1.13. The molecule has 0 unspecified atom stereocenters. The van der Waals surface area contributed by atoms with Gasteiger partial charge in [0.2, 0.25) is 0 Å². The highest BCUT2D eigenvalue weighted by atomic mass is 32.1. The van der Waals surface area contributed by atoms with Crippen LogP contribution in [0.25, 0.3) is 10.2 Å². The Morgan fingerprint density at radius 1 is 1.35 bits per heavy atom. The highest BCUT2D eigenvalue weighted by molar-refractivity contribution is 7.20. The number of carboxylic acid groups (broad SMARTS) is 1. The Morgan fingerprint density at radius 2 is 2.13 bits per heavy atom. The smallest absolute Gasteiger partial charge is 0.346 e. The lowest BCUT2D eigenvalue weighted by atomic mass is 10.1. The fourth-order valence-corrected chi connectivity index (χ4v) is 4.40. The van der Waals surface area contributed by atoms with Crippen molar-refractivity contribution in [1.82, 2.24) is 9.55 Å². The van der Waals surface area contributed by atoms with E-state index >= 15 is 0 Å². The molecule has 3 heterocycles. The van der Waals surface area contributed by atoms with Crippen molar-refractivity contribution in [3.63, 3.8) is 0 Å². The number of nitrogens with zero attached hydrogens (tertiary/aromatic N) is 3. The Balaban J connectivity index is 1.68. The van der Waals surface area contributed by atoms with Crippen molar-refractivity contribution in [2.24, 2.45) is 0 Å². The van der Waals surface area contributed by atoms with Gasteiger partial charge in [-0.05, 0) is 30.7 Å². The average molecular weight is 439 g/mol. The van der Waals surface area contributed by atoms with Gasteiger partial charge in [0, 0.05) is 12.1 Å². The van der Waals surface area contributed by atoms with Crippen LogP contribution in [-0.4, -0.2) is 45.5 Å². The van der Waals surface area contributed by atoms with Crippen LogP contribution in [0.2, 0.25) is 0 Å². The highest BCUT2D eigenvalue weighted by Gasteiger charge is 2.26. The van der Waals surface area contributed by atoms with E-state index in [0.29, 0.717) is 27.4 Å². The second kappa shape index (κ2) is 7.80. The van der Waals surface area contributed by atoms with E-state index in [2.05, 4.69) is 11.6 Å². The van der Waals surface area contributed by atoms with E-state index in [0.717, 1.165) is 15.9 Å². The molecule has 3 aromatic rings. The van der Waals surface area contributed by atoms with Crippen LogP contribution in [0.4, 0.5) is 5.69 Å². The zero-order valence-corrected chi connectivity index (χ0v) is 17.3. The minimum absolute atomic E-state index is 0.0466. The van der Waals surface area contributed by atoms with E-state index in [1.54, 1.807) is 31.2 Å². The monoisotopic (exact) mass is 439 g/mol. The van der Waals surface area contributed by atoms with Crippen LogP contribution in [0.3, 0.4) is 0 Å². The van der Waals surface area contributed by atoms with Gasteiger partial charge in [-0.2, -0.15) is 0 Å². The molecule has 158 valence electrons. The standard InChI is InChI=1S/C21H17N3O6S/c1-3-6-24-13-7-12(4-5-15(13)30-9-16(24)26)14(25)8-23-10-22-19-17(20(23)27)11(2)18(31-19)21(28)29/h3-5,7,10H,1,6,8-9H2,2H3,(H,28,29). The van der Waals surface area contributed by atoms with Gasteiger partial charge in [-0.1, -0.05) is 6.08 Å². The maximum atomic E-state index is 12.9. The molecule has 1 aliphatic rings. The number of hydrogen-bond donors (Lipinski definition) is 1. The summed E-state index contributed by atoms with van der Waals surface area (Å²) in [5.41, 5.74) is 0.606. The van der Waals surface area contributed by atoms with Crippen LogP contribution in [0.5, 0.6) is 5.75 Å². The number of carbonyl (C=O) groups excluding carboxylic acids is 2. The molecule has 1 amide bonds. The second-order valence-electron chi connectivity index (χ2n) is 6.91. The number of aromatic carboxylic acids is 1. The van der Waals surface area contributed by atoms with Crippen LogP contribution < -0.4 is 15.2 Å². The molecule has 31 heavy (non-hydrogen) atoms. The van der Waals surface area contributed by atoms with Gasteiger partial charge in [-0.25, -0.2) is 9.78 Å². The summed E-state index contributed by atoms with van der Waals surface area (Å²) in [6, 6.07) is 4.73. The van der Waals surface area contributed by atoms with E-state index in [-0.39, 0.29) is 41.7 Å². The number of benzene rings is 1. The van der Waals surface area contributed by atoms with Crippen molar-refractivity contribution in [3.05, 3.63) is 63.5 Å². The maximum Gasteiger partial charge on any atom is 0.346 e. The number of rotatable bonds is 6. The fraction of sp³-hybridized carbons (Fsp3) is 0.190. The number of Topliss-reactive ketones (excluding diaryl/α,β-unsaturated/α-hetero) is 1. The van der Waals surface area contributed by atoms with E-state index in [9.17, 15) is 24.3 Å². The Kier molecular flexibility index (Phi) is 5.15. The number of thiophene rings is 1. The third-order valence-corrected chi connectivity index (χ3v) is 6.15. The Bertz CT molecular complexity index is 1320. The van der Waals surface area contributed by atoms with Crippen LogP contribution in [0.15, 0.2) is 42.0 Å². The van der Waals surface area contributed by atoms with Crippen molar-refractivity contribution < 1.29 is 24.2 Å². The number of ether oxygens (including phenoxy) is 1. The summed E-state index contributed by atoms with van der Waals surface area (Å²) in [6.45, 7) is 5.10. The summed E-state index contributed by atoms with van der Waals surface area (Å²) < 4.78 is 6.57. The Labute approximate surface area is 179 Å². The predicted molar refractivity (Wildman–Crippen MR) is 114 cm³/mol. The summed E-state index contributed by atoms with van der Waals surface area (Å²) >= 11 is 0.922. The molecule has 1 aromatic carbocycles. The molecule has 0 saturated carbocycles. The molecule has 0 bridgehead atoms. The minimum Gasteiger partial charge on any atom is -0.482 e. The summed E-state index contributed by atoms with van der Waals surface area (Å²) in [4.78, 5) is 55.2. The fourth-order valence-electron chi connectivity index (χ4n) is 3.43. The normalized spacial score (nSPS) is 13.1. The lowest BCUT2D eigenvalue weighted by Gasteiger charge is -2.28. The lowest BCUT2D eigenvalue weighted by molar-refractivity contribution is -0.121. The second-order valence-corrected chi connectivity index (χ2v) is 7.91. The van der Waals surface area contributed by atoms with Crippen molar-refractivity contribution in [2.75, 3.05) is 18.1 Å². The van der Waals surface area contributed by atoms with Gasteiger partial charge < -0.3 is 14.7 Å². The van der Waals surface area contributed by atoms with Crippen LogP contribution in [-0.2, 0) is 11.3 Å². The SMILES string of the molecule is C=CCN1C(=O)COc2ccc(C(=O)Cn3cnc4sc(C(=O)O)c(C)c4c3=O)cc21. The average Bonchev–Trinajstić information content (AvgIpc) is 3.09. The number of ketones is 1. The first-order chi connectivity index (χ1) is 14.8. The number of aromatic nitrogens is 2. The van der Waals surface area contributed by atoms with E-state index < -0.39 is 11.5 Å². The first kappa shape index (κ1) is 20.5. The van der Waals surface area contributed by atoms with Gasteiger partial charge in [-0.15, -0.1) is 17.9 Å². The highest BCUT2D eigenvalue weighted by Crippen LogP contribution is 2.33. The van der Waals surface area contributed by atoms with Gasteiger partial charge >= 0.3 is 5.97 Å². The van der Waals surface area contributed by atoms with Crippen molar-refractivity contribution in [1.29, 1.82) is 0 Å². The quantitative estimate of drug-likeness (QED) is 0.462. The molecule has 9 nitrogen and oxygen atoms in total. The summed E-state index contributed by atoms with van der Waals surface area (Å²) in [6.07, 6.45) is 2.82. The van der Waals surface area contributed by atoms with Crippen LogP contribution >= 0.6 is 11.3 Å². The Hall–Kier alpha value is -3.79. The van der Waals surface area contributed by atoms with Gasteiger partial charge in [0.05, 0.1) is 23.9 Å².